The Morgan fingerprint density at radius 3 is 2.42 bits per heavy atom. The largest absolute Gasteiger partial charge is 0.221 e. The minimum Gasteiger partial charge on any atom is -0.214 e. The van der Waals surface area contributed by atoms with Crippen LogP contribution in [0.15, 0.2) is 0 Å². The van der Waals surface area contributed by atoms with E-state index < -0.39 is 10.0 Å². The van der Waals surface area contributed by atoms with Gasteiger partial charge in [-0.3, -0.25) is 0 Å². The van der Waals surface area contributed by atoms with Gasteiger partial charge in [0.15, 0.2) is 0 Å². The second-order valence-electron chi connectivity index (χ2n) is 3.40. The summed E-state index contributed by atoms with van der Waals surface area (Å²) in [5.74, 6) is 0. The van der Waals surface area contributed by atoms with E-state index in [-0.39, 0.29) is 10.1 Å². The van der Waals surface area contributed by atoms with Crippen LogP contribution in [0.4, 0.5) is 0 Å². The van der Waals surface area contributed by atoms with Crippen molar-refractivity contribution in [2.75, 3.05) is 11.2 Å². The molecule has 0 heterocycles. The van der Waals surface area contributed by atoms with E-state index in [1.165, 1.54) is 0 Å². The lowest BCUT2D eigenvalue weighted by atomic mass is 10.1. The molecule has 0 amide bonds. The van der Waals surface area contributed by atoms with E-state index in [0.717, 1.165) is 19.3 Å². The van der Waals surface area contributed by atoms with Crippen molar-refractivity contribution in [1.29, 1.82) is 0 Å². The summed E-state index contributed by atoms with van der Waals surface area (Å²) in [6.07, 6.45) is 3.39. The third-order valence-electron chi connectivity index (χ3n) is 2.52. The Morgan fingerprint density at radius 2 is 2.08 bits per heavy atom. The Bertz CT molecular complexity index is 246. The first kappa shape index (κ1) is 10.5. The molecule has 0 unspecified atom stereocenters. The molecule has 1 fully saturated rings. The Kier molecular flexibility index (Phi) is 3.17. The van der Waals surface area contributed by atoms with E-state index in [9.17, 15) is 8.42 Å². The van der Waals surface area contributed by atoms with Crippen LogP contribution in [0.2, 0.25) is 0 Å². The minimum atomic E-state index is -3.06. The van der Waals surface area contributed by atoms with Crippen molar-refractivity contribution in [3.63, 3.8) is 0 Å². The lowest BCUT2D eigenvalue weighted by Crippen LogP contribution is -2.30. The predicted molar refractivity (Wildman–Crippen MR) is 52.7 cm³/mol. The number of alkyl halides is 1. The molecule has 5 heteroatoms. The minimum absolute atomic E-state index is 0.000204. The molecule has 0 aromatic rings. The molecule has 0 bridgehead atoms. The first-order valence-electron chi connectivity index (χ1n) is 4.07. The zero-order valence-electron chi connectivity index (χ0n) is 7.14. The summed E-state index contributed by atoms with van der Waals surface area (Å²) in [6.45, 7) is 2.72. The molecule has 0 atom stereocenters. The first-order valence-corrected chi connectivity index (χ1v) is 6.84. The molecule has 0 spiro atoms. The maximum absolute atomic E-state index is 11.0. The fourth-order valence-electron chi connectivity index (χ4n) is 1.13. The van der Waals surface area contributed by atoms with Gasteiger partial charge in [-0.05, 0) is 24.7 Å². The fourth-order valence-corrected chi connectivity index (χ4v) is 2.22. The van der Waals surface area contributed by atoms with Gasteiger partial charge in [0.25, 0.3) is 0 Å². The van der Waals surface area contributed by atoms with Gasteiger partial charge in [-0.2, -0.15) is 0 Å². The molecule has 1 aliphatic carbocycles. The van der Waals surface area contributed by atoms with E-state index in [4.69, 9.17) is 0 Å². The Morgan fingerprint density at radius 1 is 1.50 bits per heavy atom. The highest BCUT2D eigenvalue weighted by atomic mass is 79.9. The normalized spacial score (nSPS) is 20.8. The van der Waals surface area contributed by atoms with Crippen LogP contribution in [-0.4, -0.2) is 19.6 Å². The zero-order chi connectivity index (χ0) is 9.24. The number of hydrogen-bond donors (Lipinski definition) is 1. The van der Waals surface area contributed by atoms with Crippen molar-refractivity contribution in [2.24, 2.45) is 5.41 Å². The molecule has 3 nitrogen and oxygen atoms in total. The van der Waals surface area contributed by atoms with Gasteiger partial charge in [0.05, 0.1) is 0 Å². The Balaban J connectivity index is 2.35. The molecule has 0 aliphatic heterocycles. The molecule has 1 N–H and O–H groups in total. The lowest BCUT2D eigenvalue weighted by molar-refractivity contribution is 0.477. The van der Waals surface area contributed by atoms with Gasteiger partial charge in [-0.1, -0.05) is 22.9 Å². The number of halogens is 1. The summed E-state index contributed by atoms with van der Waals surface area (Å²) in [5.41, 5.74) is 0.287. The van der Waals surface area contributed by atoms with Crippen LogP contribution >= 0.6 is 15.9 Å². The number of nitrogens with one attached hydrogen (secondary N) is 1. The molecule has 0 aromatic heterocycles. The van der Waals surface area contributed by atoms with Crippen molar-refractivity contribution < 1.29 is 8.42 Å². The van der Waals surface area contributed by atoms with Gasteiger partial charge in [0.1, 0.15) is 4.66 Å². The highest BCUT2D eigenvalue weighted by molar-refractivity contribution is 9.10. The van der Waals surface area contributed by atoms with Gasteiger partial charge in [0.2, 0.25) is 10.0 Å². The van der Waals surface area contributed by atoms with E-state index >= 15 is 0 Å². The molecule has 1 saturated carbocycles. The van der Waals surface area contributed by atoms with Crippen LogP contribution in [0.25, 0.3) is 0 Å². The maximum atomic E-state index is 11.0. The molecule has 12 heavy (non-hydrogen) atoms. The average molecular weight is 256 g/mol. The lowest BCUT2D eigenvalue weighted by Gasteiger charge is -2.12. The molecule has 0 aromatic carbocycles. The van der Waals surface area contributed by atoms with Crippen molar-refractivity contribution in [3.05, 3.63) is 0 Å². The van der Waals surface area contributed by atoms with Crippen LogP contribution < -0.4 is 4.72 Å². The van der Waals surface area contributed by atoms with Gasteiger partial charge in [0, 0.05) is 6.54 Å². The molecule has 0 radical (unpaired) electrons. The summed E-state index contributed by atoms with van der Waals surface area (Å²) >= 11 is 2.93. The van der Waals surface area contributed by atoms with Crippen LogP contribution in [0, 0.1) is 5.41 Å². The van der Waals surface area contributed by atoms with Crippen LogP contribution in [-0.2, 0) is 10.0 Å². The molecular formula is C7H14BrNO2S. The molecule has 1 aliphatic rings. The van der Waals surface area contributed by atoms with Crippen molar-refractivity contribution in [2.45, 2.75) is 26.2 Å². The third-order valence-corrected chi connectivity index (χ3v) is 5.20. The van der Waals surface area contributed by atoms with E-state index in [2.05, 4.69) is 27.6 Å². The molecule has 72 valence electrons. The molecule has 0 saturated heterocycles. The number of hydrogen-bond acceptors (Lipinski definition) is 2. The highest BCUT2D eigenvalue weighted by Crippen LogP contribution is 2.47. The quantitative estimate of drug-likeness (QED) is 0.757. The van der Waals surface area contributed by atoms with Crippen molar-refractivity contribution in [3.8, 4) is 0 Å². The standard InChI is InChI=1S/C7H14BrNO2S/c1-2-7(3-4-7)5-9-12(10,11)6-8/h9H,2-6H2,1H3. The zero-order valence-corrected chi connectivity index (χ0v) is 9.54. The first-order chi connectivity index (χ1) is 5.54. The maximum Gasteiger partial charge on any atom is 0.221 e. The second-order valence-corrected chi connectivity index (χ2v) is 6.51. The van der Waals surface area contributed by atoms with E-state index in [0.29, 0.717) is 6.54 Å². The fraction of sp³-hybridized carbons (Fsp3) is 1.00. The third kappa shape index (κ3) is 2.71. The van der Waals surface area contributed by atoms with Gasteiger partial charge in [-0.15, -0.1) is 0 Å². The summed E-state index contributed by atoms with van der Waals surface area (Å²) in [5, 5.41) is 0. The summed E-state index contributed by atoms with van der Waals surface area (Å²) in [4.78, 5) is 0. The Labute approximate surface area is 82.1 Å². The van der Waals surface area contributed by atoms with Crippen LogP contribution in [0.5, 0.6) is 0 Å². The van der Waals surface area contributed by atoms with Gasteiger partial charge >= 0.3 is 0 Å². The monoisotopic (exact) mass is 255 g/mol. The highest BCUT2D eigenvalue weighted by Gasteiger charge is 2.40. The summed E-state index contributed by atoms with van der Waals surface area (Å²) < 4.78 is 24.7. The predicted octanol–water partition coefficient (Wildman–Crippen LogP) is 1.45. The number of sulfonamides is 1. The van der Waals surface area contributed by atoms with Crippen LogP contribution in [0.3, 0.4) is 0 Å². The molecular weight excluding hydrogens is 242 g/mol. The van der Waals surface area contributed by atoms with Crippen molar-refractivity contribution >= 4 is 26.0 Å². The summed E-state index contributed by atoms with van der Waals surface area (Å²) in [7, 11) is -3.06. The smallest absolute Gasteiger partial charge is 0.214 e. The van der Waals surface area contributed by atoms with Gasteiger partial charge < -0.3 is 0 Å². The molecule has 1 rings (SSSR count). The average Bonchev–Trinajstić information content (AvgIpc) is 2.82. The van der Waals surface area contributed by atoms with E-state index in [1.54, 1.807) is 0 Å². The van der Waals surface area contributed by atoms with E-state index in [1.807, 2.05) is 0 Å². The second kappa shape index (κ2) is 3.64. The Hall–Kier alpha value is 0.390. The summed E-state index contributed by atoms with van der Waals surface area (Å²) in [6, 6.07) is 0. The SMILES string of the molecule is CCC1(CNS(=O)(=O)CBr)CC1. The van der Waals surface area contributed by atoms with Crippen LogP contribution in [0.1, 0.15) is 26.2 Å². The topological polar surface area (TPSA) is 46.2 Å². The number of rotatable bonds is 5. The van der Waals surface area contributed by atoms with Gasteiger partial charge in [-0.25, -0.2) is 13.1 Å². The van der Waals surface area contributed by atoms with Crippen molar-refractivity contribution in [1.82, 2.24) is 4.72 Å².